The molecule has 110 valence electrons. The zero-order valence-corrected chi connectivity index (χ0v) is 12.5. The predicted molar refractivity (Wildman–Crippen MR) is 77.9 cm³/mol. The summed E-state index contributed by atoms with van der Waals surface area (Å²) >= 11 is 0. The monoisotopic (exact) mass is 277 g/mol. The minimum absolute atomic E-state index is 0.0139. The van der Waals surface area contributed by atoms with E-state index >= 15 is 0 Å². The Labute approximate surface area is 120 Å². The molecule has 2 heterocycles. The molecule has 1 N–H and O–H groups in total. The van der Waals surface area contributed by atoms with Crippen molar-refractivity contribution in [3.63, 3.8) is 0 Å². The van der Waals surface area contributed by atoms with Crippen LogP contribution in [-0.2, 0) is 10.2 Å². The molecular weight excluding hydrogens is 254 g/mol. The second kappa shape index (κ2) is 5.77. The summed E-state index contributed by atoms with van der Waals surface area (Å²) in [6, 6.07) is 4.05. The second-order valence-electron chi connectivity index (χ2n) is 6.56. The van der Waals surface area contributed by atoms with E-state index in [0.29, 0.717) is 5.92 Å². The summed E-state index contributed by atoms with van der Waals surface area (Å²) < 4.78 is 0. The van der Waals surface area contributed by atoms with Gasteiger partial charge >= 0.3 is 5.97 Å². The lowest BCUT2D eigenvalue weighted by molar-refractivity contribution is -0.138. The van der Waals surface area contributed by atoms with E-state index in [1.807, 2.05) is 12.1 Å². The molecule has 1 aromatic rings. The lowest BCUT2D eigenvalue weighted by atomic mass is 9.92. The molecule has 20 heavy (non-hydrogen) atoms. The van der Waals surface area contributed by atoms with Gasteiger partial charge in [-0.25, -0.2) is 0 Å². The van der Waals surface area contributed by atoms with Crippen LogP contribution in [-0.4, -0.2) is 34.4 Å². The van der Waals surface area contributed by atoms with E-state index in [1.54, 1.807) is 0 Å². The standard InChI is InChI=1S/C15H23N3O2/c1-15(2,3)12-4-5-13(17-16-12)18-8-6-11(7-9-18)10-14(19)20/h4-5,11H,6-10H2,1-3H3,(H,19,20). The summed E-state index contributed by atoms with van der Waals surface area (Å²) in [5.41, 5.74) is 1.00. The third kappa shape index (κ3) is 3.68. The fourth-order valence-corrected chi connectivity index (χ4v) is 2.51. The first-order chi connectivity index (χ1) is 9.36. The van der Waals surface area contributed by atoms with Gasteiger partial charge in [-0.3, -0.25) is 4.79 Å². The van der Waals surface area contributed by atoms with Gasteiger partial charge in [-0.05, 0) is 30.9 Å². The molecule has 1 aliphatic heterocycles. The van der Waals surface area contributed by atoms with Gasteiger partial charge in [0.25, 0.3) is 0 Å². The van der Waals surface area contributed by atoms with Gasteiger partial charge < -0.3 is 10.0 Å². The van der Waals surface area contributed by atoms with Crippen molar-refractivity contribution in [2.45, 2.75) is 45.4 Å². The number of rotatable bonds is 3. The molecule has 0 bridgehead atoms. The molecule has 5 heteroatoms. The van der Waals surface area contributed by atoms with Crippen molar-refractivity contribution in [2.75, 3.05) is 18.0 Å². The molecule has 0 aliphatic carbocycles. The molecule has 0 saturated carbocycles. The first-order valence-corrected chi connectivity index (χ1v) is 7.17. The number of piperidine rings is 1. The maximum Gasteiger partial charge on any atom is 0.303 e. The van der Waals surface area contributed by atoms with Crippen LogP contribution in [0, 0.1) is 5.92 Å². The van der Waals surface area contributed by atoms with E-state index in [4.69, 9.17) is 5.11 Å². The molecular formula is C15H23N3O2. The summed E-state index contributed by atoms with van der Waals surface area (Å²) in [4.78, 5) is 12.9. The summed E-state index contributed by atoms with van der Waals surface area (Å²) in [7, 11) is 0. The molecule has 0 radical (unpaired) electrons. The molecule has 0 amide bonds. The minimum atomic E-state index is -0.697. The Bertz CT molecular complexity index is 457. The fourth-order valence-electron chi connectivity index (χ4n) is 2.51. The Balaban J connectivity index is 1.95. The Hall–Kier alpha value is -1.65. The highest BCUT2D eigenvalue weighted by atomic mass is 16.4. The maximum atomic E-state index is 10.7. The van der Waals surface area contributed by atoms with E-state index in [-0.39, 0.29) is 11.8 Å². The van der Waals surface area contributed by atoms with Crippen LogP contribution in [0.2, 0.25) is 0 Å². The number of anilines is 1. The number of nitrogens with zero attached hydrogens (tertiary/aromatic N) is 3. The molecule has 1 saturated heterocycles. The molecule has 0 unspecified atom stereocenters. The smallest absolute Gasteiger partial charge is 0.303 e. The predicted octanol–water partition coefficient (Wildman–Crippen LogP) is 2.47. The van der Waals surface area contributed by atoms with Gasteiger partial charge in [0.2, 0.25) is 0 Å². The van der Waals surface area contributed by atoms with Crippen LogP contribution in [0.4, 0.5) is 5.82 Å². The molecule has 0 aromatic carbocycles. The van der Waals surface area contributed by atoms with Crippen molar-refractivity contribution in [1.82, 2.24) is 10.2 Å². The number of carbonyl (C=O) groups is 1. The quantitative estimate of drug-likeness (QED) is 0.919. The van der Waals surface area contributed by atoms with Crippen molar-refractivity contribution in [2.24, 2.45) is 5.92 Å². The van der Waals surface area contributed by atoms with Crippen LogP contribution in [0.1, 0.15) is 45.7 Å². The topological polar surface area (TPSA) is 66.3 Å². The van der Waals surface area contributed by atoms with Crippen molar-refractivity contribution >= 4 is 11.8 Å². The third-order valence-corrected chi connectivity index (χ3v) is 3.82. The van der Waals surface area contributed by atoms with E-state index in [9.17, 15) is 4.79 Å². The summed E-state index contributed by atoms with van der Waals surface area (Å²) in [6.45, 7) is 8.08. The van der Waals surface area contributed by atoms with Gasteiger partial charge in [0.05, 0.1) is 5.69 Å². The van der Waals surface area contributed by atoms with Crippen LogP contribution in [0.25, 0.3) is 0 Å². The van der Waals surface area contributed by atoms with Crippen molar-refractivity contribution < 1.29 is 9.90 Å². The van der Waals surface area contributed by atoms with E-state index < -0.39 is 5.97 Å². The summed E-state index contributed by atoms with van der Waals surface area (Å²) in [5, 5.41) is 17.4. The summed E-state index contributed by atoms with van der Waals surface area (Å²) in [5.74, 6) is 0.495. The fraction of sp³-hybridized carbons (Fsp3) is 0.667. The summed E-state index contributed by atoms with van der Waals surface area (Å²) in [6.07, 6.45) is 2.10. The Morgan fingerprint density at radius 1 is 1.30 bits per heavy atom. The number of aliphatic carboxylic acids is 1. The number of carboxylic acids is 1. The average Bonchev–Trinajstić information content (AvgIpc) is 2.38. The van der Waals surface area contributed by atoms with Gasteiger partial charge in [-0.2, -0.15) is 5.10 Å². The van der Waals surface area contributed by atoms with Crippen LogP contribution in [0.3, 0.4) is 0 Å². The largest absolute Gasteiger partial charge is 0.481 e. The second-order valence-corrected chi connectivity index (χ2v) is 6.56. The molecule has 1 aliphatic rings. The highest BCUT2D eigenvalue weighted by Gasteiger charge is 2.23. The zero-order valence-electron chi connectivity index (χ0n) is 12.5. The van der Waals surface area contributed by atoms with Crippen LogP contribution in [0.15, 0.2) is 12.1 Å². The number of aromatic nitrogens is 2. The maximum absolute atomic E-state index is 10.7. The minimum Gasteiger partial charge on any atom is -0.481 e. The Morgan fingerprint density at radius 3 is 2.40 bits per heavy atom. The normalized spacial score (nSPS) is 17.2. The Kier molecular flexibility index (Phi) is 4.26. The highest BCUT2D eigenvalue weighted by molar-refractivity contribution is 5.67. The van der Waals surface area contributed by atoms with E-state index in [2.05, 4.69) is 35.9 Å². The lowest BCUT2D eigenvalue weighted by Crippen LogP contribution is -2.35. The van der Waals surface area contributed by atoms with Gasteiger partial charge in [0, 0.05) is 24.9 Å². The van der Waals surface area contributed by atoms with Crippen LogP contribution in [0.5, 0.6) is 0 Å². The van der Waals surface area contributed by atoms with Gasteiger partial charge in [-0.1, -0.05) is 20.8 Å². The molecule has 1 aromatic heterocycles. The van der Waals surface area contributed by atoms with Gasteiger partial charge in [-0.15, -0.1) is 5.10 Å². The highest BCUT2D eigenvalue weighted by Crippen LogP contribution is 2.25. The van der Waals surface area contributed by atoms with E-state index in [0.717, 1.165) is 37.4 Å². The lowest BCUT2D eigenvalue weighted by Gasteiger charge is -2.32. The zero-order chi connectivity index (χ0) is 14.8. The molecule has 1 fully saturated rings. The number of hydrogen-bond acceptors (Lipinski definition) is 4. The van der Waals surface area contributed by atoms with Gasteiger partial charge in [0.1, 0.15) is 0 Å². The SMILES string of the molecule is CC(C)(C)c1ccc(N2CCC(CC(=O)O)CC2)nn1. The van der Waals surface area contributed by atoms with Crippen LogP contribution < -0.4 is 4.90 Å². The molecule has 0 spiro atoms. The first kappa shape index (κ1) is 14.8. The van der Waals surface area contributed by atoms with Crippen molar-refractivity contribution in [1.29, 1.82) is 0 Å². The Morgan fingerprint density at radius 2 is 1.95 bits per heavy atom. The molecule has 2 rings (SSSR count). The van der Waals surface area contributed by atoms with Gasteiger partial charge in [0.15, 0.2) is 5.82 Å². The first-order valence-electron chi connectivity index (χ1n) is 7.17. The van der Waals surface area contributed by atoms with Crippen molar-refractivity contribution in [3.8, 4) is 0 Å². The molecule has 5 nitrogen and oxygen atoms in total. The average molecular weight is 277 g/mol. The van der Waals surface area contributed by atoms with Crippen LogP contribution >= 0.6 is 0 Å². The van der Waals surface area contributed by atoms with Crippen molar-refractivity contribution in [3.05, 3.63) is 17.8 Å². The van der Waals surface area contributed by atoms with E-state index in [1.165, 1.54) is 0 Å². The third-order valence-electron chi connectivity index (χ3n) is 3.82. The number of carboxylic acid groups (broad SMARTS) is 1. The molecule has 0 atom stereocenters. The number of hydrogen-bond donors (Lipinski definition) is 1.